The van der Waals surface area contributed by atoms with E-state index in [9.17, 15) is 9.90 Å². The number of rotatable bonds is 3. The molecule has 2 atom stereocenters. The van der Waals surface area contributed by atoms with E-state index in [-0.39, 0.29) is 0 Å². The smallest absolute Gasteiger partial charge is 0.320 e. The van der Waals surface area contributed by atoms with Gasteiger partial charge >= 0.3 is 5.97 Å². The molecule has 0 radical (unpaired) electrons. The second kappa shape index (κ2) is 4.39. The largest absolute Gasteiger partial charge is 0.480 e. The third kappa shape index (κ3) is 2.54. The predicted molar refractivity (Wildman–Crippen MR) is 51.8 cm³/mol. The summed E-state index contributed by atoms with van der Waals surface area (Å²) in [5.74, 6) is -1.07. The highest BCUT2D eigenvalue weighted by Gasteiger charge is 2.24. The number of halogens is 1. The van der Waals surface area contributed by atoms with E-state index < -0.39 is 16.9 Å². The molecule has 1 rings (SSSR count). The molecular formula is C9H9BrO3. The van der Waals surface area contributed by atoms with E-state index in [1.54, 1.807) is 30.3 Å². The van der Waals surface area contributed by atoms with Gasteiger partial charge in [-0.3, -0.25) is 4.79 Å². The van der Waals surface area contributed by atoms with Crippen LogP contribution in [-0.4, -0.2) is 21.0 Å². The van der Waals surface area contributed by atoms with Crippen molar-refractivity contribution in [3.63, 3.8) is 0 Å². The summed E-state index contributed by atoms with van der Waals surface area (Å²) in [7, 11) is 0. The average Bonchev–Trinajstić information content (AvgIpc) is 2.17. The molecule has 3 nitrogen and oxygen atoms in total. The summed E-state index contributed by atoms with van der Waals surface area (Å²) in [6.07, 6.45) is -1.02. The first kappa shape index (κ1) is 10.2. The minimum atomic E-state index is -1.07. The standard InChI is InChI=1S/C9H9BrO3/c10-7(9(12)13)8(11)6-4-2-1-3-5-6/h1-5,7-8,11H,(H,12,13). The van der Waals surface area contributed by atoms with E-state index in [1.807, 2.05) is 0 Å². The number of alkyl halides is 1. The Morgan fingerprint density at radius 3 is 2.31 bits per heavy atom. The van der Waals surface area contributed by atoms with Crippen molar-refractivity contribution in [1.29, 1.82) is 0 Å². The molecule has 0 heterocycles. The highest BCUT2D eigenvalue weighted by molar-refractivity contribution is 9.10. The van der Waals surface area contributed by atoms with Gasteiger partial charge in [0.15, 0.2) is 0 Å². The first-order valence-electron chi connectivity index (χ1n) is 3.73. The lowest BCUT2D eigenvalue weighted by Gasteiger charge is -2.13. The van der Waals surface area contributed by atoms with Gasteiger partial charge in [0.2, 0.25) is 0 Å². The minimum absolute atomic E-state index is 0.590. The van der Waals surface area contributed by atoms with E-state index in [1.165, 1.54) is 0 Å². The van der Waals surface area contributed by atoms with Crippen LogP contribution in [-0.2, 0) is 4.79 Å². The zero-order chi connectivity index (χ0) is 9.84. The maximum Gasteiger partial charge on any atom is 0.320 e. The van der Waals surface area contributed by atoms with Crippen LogP contribution < -0.4 is 0 Å². The summed E-state index contributed by atoms with van der Waals surface area (Å²) in [5, 5.41) is 18.1. The molecule has 0 spiro atoms. The quantitative estimate of drug-likeness (QED) is 0.794. The van der Waals surface area contributed by atoms with E-state index in [2.05, 4.69) is 15.9 Å². The number of aliphatic hydroxyl groups is 1. The van der Waals surface area contributed by atoms with Gasteiger partial charge in [-0.15, -0.1) is 0 Å². The van der Waals surface area contributed by atoms with E-state index in [0.29, 0.717) is 5.56 Å². The number of aliphatic carboxylic acids is 1. The topological polar surface area (TPSA) is 57.5 Å². The molecule has 0 aliphatic rings. The zero-order valence-corrected chi connectivity index (χ0v) is 8.31. The van der Waals surface area contributed by atoms with Crippen molar-refractivity contribution in [2.75, 3.05) is 0 Å². The average molecular weight is 245 g/mol. The molecule has 2 N–H and O–H groups in total. The molecule has 0 saturated carbocycles. The molecule has 13 heavy (non-hydrogen) atoms. The second-order valence-electron chi connectivity index (χ2n) is 2.60. The van der Waals surface area contributed by atoms with Crippen LogP contribution in [0.3, 0.4) is 0 Å². The molecule has 0 fully saturated rings. The van der Waals surface area contributed by atoms with Crippen molar-refractivity contribution in [2.24, 2.45) is 0 Å². The van der Waals surface area contributed by atoms with E-state index >= 15 is 0 Å². The van der Waals surface area contributed by atoms with Gasteiger partial charge in [0.05, 0.1) is 0 Å². The molecule has 0 bridgehead atoms. The van der Waals surface area contributed by atoms with Gasteiger partial charge in [-0.25, -0.2) is 0 Å². The highest BCUT2D eigenvalue weighted by Crippen LogP contribution is 2.21. The van der Waals surface area contributed by atoms with Crippen molar-refractivity contribution >= 4 is 21.9 Å². The molecule has 2 unspecified atom stereocenters. The molecular weight excluding hydrogens is 236 g/mol. The number of hydrogen-bond donors (Lipinski definition) is 2. The fourth-order valence-electron chi connectivity index (χ4n) is 0.954. The molecule has 1 aromatic rings. The fourth-order valence-corrected chi connectivity index (χ4v) is 1.26. The first-order chi connectivity index (χ1) is 6.13. The third-order valence-corrected chi connectivity index (χ3v) is 2.55. The molecule has 0 amide bonds. The minimum Gasteiger partial charge on any atom is -0.480 e. The van der Waals surface area contributed by atoms with Crippen molar-refractivity contribution in [2.45, 2.75) is 10.9 Å². The monoisotopic (exact) mass is 244 g/mol. The van der Waals surface area contributed by atoms with E-state index in [4.69, 9.17) is 5.11 Å². The summed E-state index contributed by atoms with van der Waals surface area (Å²) in [4.78, 5) is 9.54. The zero-order valence-electron chi connectivity index (χ0n) is 6.72. The third-order valence-electron chi connectivity index (χ3n) is 1.65. The second-order valence-corrected chi connectivity index (χ2v) is 3.58. The molecule has 4 heteroatoms. The Morgan fingerprint density at radius 2 is 1.85 bits per heavy atom. The van der Waals surface area contributed by atoms with Gasteiger partial charge in [0.25, 0.3) is 0 Å². The van der Waals surface area contributed by atoms with Crippen LogP contribution >= 0.6 is 15.9 Å². The Balaban J connectivity index is 2.79. The molecule has 1 aromatic carbocycles. The maximum absolute atomic E-state index is 10.5. The normalized spacial score (nSPS) is 14.9. The van der Waals surface area contributed by atoms with Crippen molar-refractivity contribution < 1.29 is 15.0 Å². The summed E-state index contributed by atoms with van der Waals surface area (Å²) < 4.78 is 0. The van der Waals surface area contributed by atoms with Gasteiger partial charge < -0.3 is 10.2 Å². The first-order valence-corrected chi connectivity index (χ1v) is 4.64. The van der Waals surface area contributed by atoms with Crippen LogP contribution in [0.2, 0.25) is 0 Å². The molecule has 70 valence electrons. The van der Waals surface area contributed by atoms with Crippen LogP contribution in [0.4, 0.5) is 0 Å². The Morgan fingerprint density at radius 1 is 1.31 bits per heavy atom. The lowest BCUT2D eigenvalue weighted by Crippen LogP contribution is -2.21. The summed E-state index contributed by atoms with van der Waals surface area (Å²) >= 11 is 2.89. The number of hydrogen-bond acceptors (Lipinski definition) is 2. The van der Waals surface area contributed by atoms with Crippen molar-refractivity contribution in [3.05, 3.63) is 35.9 Å². The number of benzene rings is 1. The van der Waals surface area contributed by atoms with Gasteiger partial charge in [0.1, 0.15) is 10.9 Å². The maximum atomic E-state index is 10.5. The van der Waals surface area contributed by atoms with Crippen LogP contribution in [0.5, 0.6) is 0 Å². The Hall–Kier alpha value is -0.870. The summed E-state index contributed by atoms with van der Waals surface area (Å²) in [6, 6.07) is 8.67. The fraction of sp³-hybridized carbons (Fsp3) is 0.222. The molecule has 0 aliphatic carbocycles. The number of aliphatic hydroxyl groups excluding tert-OH is 1. The molecule has 0 aliphatic heterocycles. The number of carboxylic acid groups (broad SMARTS) is 1. The molecule has 0 saturated heterocycles. The Labute approximate surface area is 84.1 Å². The van der Waals surface area contributed by atoms with Gasteiger partial charge in [-0.2, -0.15) is 0 Å². The van der Waals surface area contributed by atoms with Crippen molar-refractivity contribution in [3.8, 4) is 0 Å². The van der Waals surface area contributed by atoms with Crippen molar-refractivity contribution in [1.82, 2.24) is 0 Å². The predicted octanol–water partition coefficient (Wildman–Crippen LogP) is 1.57. The van der Waals surface area contributed by atoms with Gasteiger partial charge in [0, 0.05) is 0 Å². The lowest BCUT2D eigenvalue weighted by atomic mass is 10.1. The van der Waals surface area contributed by atoms with Crippen LogP contribution in [0.15, 0.2) is 30.3 Å². The Kier molecular flexibility index (Phi) is 3.45. The molecule has 0 aromatic heterocycles. The SMILES string of the molecule is O=C(O)C(Br)C(O)c1ccccc1. The van der Waals surface area contributed by atoms with Crippen LogP contribution in [0.1, 0.15) is 11.7 Å². The lowest BCUT2D eigenvalue weighted by molar-refractivity contribution is -0.138. The Bertz CT molecular complexity index is 286. The highest BCUT2D eigenvalue weighted by atomic mass is 79.9. The number of carbonyl (C=O) groups is 1. The summed E-state index contributed by atoms with van der Waals surface area (Å²) in [5.41, 5.74) is 0.590. The summed E-state index contributed by atoms with van der Waals surface area (Å²) in [6.45, 7) is 0. The van der Waals surface area contributed by atoms with Crippen LogP contribution in [0, 0.1) is 0 Å². The van der Waals surface area contributed by atoms with E-state index in [0.717, 1.165) is 0 Å². The van der Waals surface area contributed by atoms with Gasteiger partial charge in [-0.05, 0) is 5.56 Å². The van der Waals surface area contributed by atoms with Crippen LogP contribution in [0.25, 0.3) is 0 Å². The van der Waals surface area contributed by atoms with Gasteiger partial charge in [-0.1, -0.05) is 46.3 Å². The number of carboxylic acids is 1.